The van der Waals surface area contributed by atoms with Crippen molar-refractivity contribution in [3.63, 3.8) is 0 Å². The Morgan fingerprint density at radius 3 is 2.53 bits per heavy atom. The molecule has 1 amide bonds. The number of aromatic amines is 1. The van der Waals surface area contributed by atoms with Crippen LogP contribution in [0.1, 0.15) is 16.1 Å². The number of hydrogen-bond donors (Lipinski definition) is 3. The molecular weight excluding hydrogens is 244 g/mol. The number of carbonyl (C=O) groups is 1. The largest absolute Gasteiger partial charge is 0.321 e. The summed E-state index contributed by atoms with van der Waals surface area (Å²) in [6.07, 6.45) is 0. The van der Waals surface area contributed by atoms with Crippen LogP contribution in [0, 0.1) is 0 Å². The van der Waals surface area contributed by atoms with E-state index in [1.54, 1.807) is 0 Å². The molecule has 98 valence electrons. The fourth-order valence-electron chi connectivity index (χ4n) is 1.58. The van der Waals surface area contributed by atoms with E-state index in [1.165, 1.54) is 12.1 Å². The van der Waals surface area contributed by atoms with E-state index in [-0.39, 0.29) is 17.2 Å². The van der Waals surface area contributed by atoms with Crippen molar-refractivity contribution in [2.75, 3.05) is 12.4 Å². The zero-order valence-electron chi connectivity index (χ0n) is 10.4. The second kappa shape index (κ2) is 5.92. The maximum absolute atomic E-state index is 11.8. The van der Waals surface area contributed by atoms with Gasteiger partial charge in [-0.2, -0.15) is 5.10 Å². The van der Waals surface area contributed by atoms with Crippen molar-refractivity contribution in [1.82, 2.24) is 15.5 Å². The van der Waals surface area contributed by atoms with E-state index in [2.05, 4.69) is 20.8 Å². The van der Waals surface area contributed by atoms with Gasteiger partial charge in [-0.25, -0.2) is 5.10 Å². The van der Waals surface area contributed by atoms with Gasteiger partial charge in [0.05, 0.1) is 0 Å². The van der Waals surface area contributed by atoms with Crippen LogP contribution in [0.2, 0.25) is 0 Å². The number of nitrogens with zero attached hydrogens (tertiary/aromatic N) is 1. The van der Waals surface area contributed by atoms with Gasteiger partial charge in [0.2, 0.25) is 0 Å². The number of rotatable bonds is 4. The molecule has 0 spiro atoms. The minimum Gasteiger partial charge on any atom is -0.321 e. The highest BCUT2D eigenvalue weighted by Gasteiger charge is 2.07. The Hall–Kier alpha value is -2.47. The molecule has 1 aromatic carbocycles. The maximum atomic E-state index is 11.8. The summed E-state index contributed by atoms with van der Waals surface area (Å²) in [5, 5.41) is 11.6. The lowest BCUT2D eigenvalue weighted by Crippen LogP contribution is -2.17. The van der Waals surface area contributed by atoms with Gasteiger partial charge in [0.25, 0.3) is 11.5 Å². The molecule has 3 N–H and O–H groups in total. The molecule has 2 rings (SSSR count). The summed E-state index contributed by atoms with van der Waals surface area (Å²) in [6, 6.07) is 10.1. The van der Waals surface area contributed by atoms with Gasteiger partial charge >= 0.3 is 0 Å². The lowest BCUT2D eigenvalue weighted by molar-refractivity contribution is 0.102. The average molecular weight is 258 g/mol. The Morgan fingerprint density at radius 2 is 1.95 bits per heavy atom. The van der Waals surface area contributed by atoms with Crippen molar-refractivity contribution in [1.29, 1.82) is 0 Å². The van der Waals surface area contributed by atoms with Crippen molar-refractivity contribution in [2.24, 2.45) is 0 Å². The average Bonchev–Trinajstić information content (AvgIpc) is 2.42. The van der Waals surface area contributed by atoms with Crippen molar-refractivity contribution in [3.05, 3.63) is 58.0 Å². The van der Waals surface area contributed by atoms with Crippen LogP contribution in [0.15, 0.2) is 41.2 Å². The Morgan fingerprint density at radius 1 is 1.21 bits per heavy atom. The summed E-state index contributed by atoms with van der Waals surface area (Å²) in [5.41, 5.74) is 1.63. The molecule has 1 aromatic heterocycles. The Bertz CT molecular complexity index is 599. The van der Waals surface area contributed by atoms with Gasteiger partial charge in [0.15, 0.2) is 0 Å². The first-order valence-corrected chi connectivity index (χ1v) is 5.79. The summed E-state index contributed by atoms with van der Waals surface area (Å²) in [6.45, 7) is 0.774. The topological polar surface area (TPSA) is 86.9 Å². The van der Waals surface area contributed by atoms with Crippen LogP contribution in [0.25, 0.3) is 0 Å². The van der Waals surface area contributed by atoms with Gasteiger partial charge < -0.3 is 10.6 Å². The molecule has 2 aromatic rings. The quantitative estimate of drug-likeness (QED) is 0.755. The van der Waals surface area contributed by atoms with E-state index in [4.69, 9.17) is 0 Å². The van der Waals surface area contributed by atoms with Gasteiger partial charge in [0.1, 0.15) is 5.69 Å². The van der Waals surface area contributed by atoms with Crippen LogP contribution in [0.4, 0.5) is 5.69 Å². The van der Waals surface area contributed by atoms with Crippen LogP contribution >= 0.6 is 0 Å². The molecular formula is C13H14N4O2. The Kier molecular flexibility index (Phi) is 4.04. The first-order valence-electron chi connectivity index (χ1n) is 5.79. The highest BCUT2D eigenvalue weighted by Crippen LogP contribution is 2.10. The summed E-state index contributed by atoms with van der Waals surface area (Å²) in [5.74, 6) is -0.363. The third kappa shape index (κ3) is 3.49. The molecule has 0 aliphatic rings. The SMILES string of the molecule is CNCc1ccc(NC(=O)c2ccc(=O)[nH]n2)cc1. The number of amides is 1. The van der Waals surface area contributed by atoms with Gasteiger partial charge in [-0.05, 0) is 30.8 Å². The second-order valence-electron chi connectivity index (χ2n) is 3.99. The van der Waals surface area contributed by atoms with Gasteiger partial charge in [0, 0.05) is 18.3 Å². The minimum absolute atomic E-state index is 0.166. The summed E-state index contributed by atoms with van der Waals surface area (Å²) >= 11 is 0. The van der Waals surface area contributed by atoms with E-state index in [0.29, 0.717) is 5.69 Å². The molecule has 0 fully saturated rings. The van der Waals surface area contributed by atoms with E-state index < -0.39 is 0 Å². The molecule has 0 atom stereocenters. The molecule has 0 bridgehead atoms. The zero-order valence-corrected chi connectivity index (χ0v) is 10.4. The van der Waals surface area contributed by atoms with Crippen LogP contribution in [-0.4, -0.2) is 23.2 Å². The molecule has 19 heavy (non-hydrogen) atoms. The Balaban J connectivity index is 2.06. The fourth-order valence-corrected chi connectivity index (χ4v) is 1.58. The van der Waals surface area contributed by atoms with E-state index in [1.807, 2.05) is 31.3 Å². The third-order valence-corrected chi connectivity index (χ3v) is 2.50. The van der Waals surface area contributed by atoms with E-state index in [9.17, 15) is 9.59 Å². The van der Waals surface area contributed by atoms with Crippen LogP contribution in [0.3, 0.4) is 0 Å². The van der Waals surface area contributed by atoms with Gasteiger partial charge in [-0.15, -0.1) is 0 Å². The second-order valence-corrected chi connectivity index (χ2v) is 3.99. The first-order chi connectivity index (χ1) is 9.19. The highest BCUT2D eigenvalue weighted by molar-refractivity contribution is 6.02. The molecule has 6 heteroatoms. The highest BCUT2D eigenvalue weighted by atomic mass is 16.2. The fraction of sp³-hybridized carbons (Fsp3) is 0.154. The van der Waals surface area contributed by atoms with Crippen molar-refractivity contribution in [3.8, 4) is 0 Å². The number of carbonyl (C=O) groups excluding carboxylic acids is 1. The minimum atomic E-state index is -0.363. The standard InChI is InChI=1S/C13H14N4O2/c1-14-8-9-2-4-10(5-3-9)15-13(19)11-6-7-12(18)17-16-11/h2-7,14H,8H2,1H3,(H,15,19)(H,17,18). The molecule has 0 aliphatic carbocycles. The molecule has 1 heterocycles. The number of anilines is 1. The lowest BCUT2D eigenvalue weighted by Gasteiger charge is -2.05. The van der Waals surface area contributed by atoms with Gasteiger partial charge in [-0.3, -0.25) is 9.59 Å². The van der Waals surface area contributed by atoms with Crippen molar-refractivity contribution in [2.45, 2.75) is 6.54 Å². The predicted molar refractivity (Wildman–Crippen MR) is 72.0 cm³/mol. The van der Waals surface area contributed by atoms with Crippen LogP contribution < -0.4 is 16.2 Å². The number of hydrogen-bond acceptors (Lipinski definition) is 4. The smallest absolute Gasteiger partial charge is 0.276 e. The van der Waals surface area contributed by atoms with Crippen molar-refractivity contribution >= 4 is 11.6 Å². The zero-order chi connectivity index (χ0) is 13.7. The first kappa shape index (κ1) is 13.0. The molecule has 0 unspecified atom stereocenters. The molecule has 6 nitrogen and oxygen atoms in total. The monoisotopic (exact) mass is 258 g/mol. The number of nitrogens with one attached hydrogen (secondary N) is 3. The molecule has 0 saturated heterocycles. The Labute approximate surface area is 109 Å². The molecule has 0 saturated carbocycles. The van der Waals surface area contributed by atoms with Crippen molar-refractivity contribution < 1.29 is 4.79 Å². The molecule has 0 radical (unpaired) electrons. The number of benzene rings is 1. The molecule has 0 aliphatic heterocycles. The summed E-state index contributed by atoms with van der Waals surface area (Å²) in [7, 11) is 1.87. The number of aromatic nitrogens is 2. The van der Waals surface area contributed by atoms with Crippen LogP contribution in [-0.2, 0) is 6.54 Å². The van der Waals surface area contributed by atoms with E-state index in [0.717, 1.165) is 12.1 Å². The summed E-state index contributed by atoms with van der Waals surface area (Å²) < 4.78 is 0. The predicted octanol–water partition coefficient (Wildman–Crippen LogP) is 0.742. The summed E-state index contributed by atoms with van der Waals surface area (Å²) in [4.78, 5) is 22.7. The van der Waals surface area contributed by atoms with Crippen LogP contribution in [0.5, 0.6) is 0 Å². The van der Waals surface area contributed by atoms with E-state index >= 15 is 0 Å². The van der Waals surface area contributed by atoms with Gasteiger partial charge in [-0.1, -0.05) is 12.1 Å². The number of H-pyrrole nitrogens is 1. The normalized spacial score (nSPS) is 10.2. The maximum Gasteiger partial charge on any atom is 0.276 e. The lowest BCUT2D eigenvalue weighted by atomic mass is 10.2. The third-order valence-electron chi connectivity index (χ3n) is 2.50.